The Kier molecular flexibility index (Phi) is 7.35. The Morgan fingerprint density at radius 2 is 1.77 bits per heavy atom. The molecule has 0 bridgehead atoms. The Balaban J connectivity index is 0.00000242. The minimum absolute atomic E-state index is 0. The van der Waals surface area contributed by atoms with Gasteiger partial charge in [0.2, 0.25) is 11.8 Å². The van der Waals surface area contributed by atoms with Gasteiger partial charge in [0.05, 0.1) is 6.54 Å². The van der Waals surface area contributed by atoms with Crippen molar-refractivity contribution in [3.05, 3.63) is 35.4 Å². The highest BCUT2D eigenvalue weighted by atomic mass is 35.5. The van der Waals surface area contributed by atoms with Crippen LogP contribution in [0.2, 0.25) is 0 Å². The van der Waals surface area contributed by atoms with E-state index >= 15 is 0 Å². The van der Waals surface area contributed by atoms with E-state index < -0.39 is 6.04 Å². The number of hydrogen-bond acceptors (Lipinski definition) is 3. The molecule has 22 heavy (non-hydrogen) atoms. The summed E-state index contributed by atoms with van der Waals surface area (Å²) in [5.74, 6) is -0.344. The molecule has 1 unspecified atom stereocenters. The number of rotatable bonds is 4. The molecule has 122 valence electrons. The summed E-state index contributed by atoms with van der Waals surface area (Å²) >= 11 is 0. The second-order valence-corrected chi connectivity index (χ2v) is 5.55. The highest BCUT2D eigenvalue weighted by Gasteiger charge is 2.19. The molecule has 1 atom stereocenters. The van der Waals surface area contributed by atoms with Gasteiger partial charge in [0.15, 0.2) is 0 Å². The monoisotopic (exact) mass is 325 g/mol. The number of nitrogens with two attached hydrogens (primary N) is 1. The van der Waals surface area contributed by atoms with Crippen LogP contribution >= 0.6 is 12.4 Å². The van der Waals surface area contributed by atoms with Crippen molar-refractivity contribution in [1.29, 1.82) is 0 Å². The van der Waals surface area contributed by atoms with Crippen LogP contribution in [0.3, 0.4) is 0 Å². The van der Waals surface area contributed by atoms with E-state index in [1.807, 2.05) is 31.2 Å². The number of hydrogen-bond donors (Lipinski definition) is 2. The van der Waals surface area contributed by atoms with Crippen LogP contribution in [0, 0.1) is 6.92 Å². The van der Waals surface area contributed by atoms with Gasteiger partial charge in [0.1, 0.15) is 6.04 Å². The molecule has 0 aliphatic carbocycles. The van der Waals surface area contributed by atoms with E-state index in [9.17, 15) is 9.59 Å². The number of carbonyl (C=O) groups excluding carboxylic acids is 2. The lowest BCUT2D eigenvalue weighted by atomic mass is 10.1. The molecule has 0 spiro atoms. The number of aryl methyl sites for hydroxylation is 1. The molecule has 0 aromatic heterocycles. The summed E-state index contributed by atoms with van der Waals surface area (Å²) in [5, 5.41) is 2.64. The third kappa shape index (κ3) is 5.00. The molecule has 1 heterocycles. The van der Waals surface area contributed by atoms with Gasteiger partial charge >= 0.3 is 0 Å². The van der Waals surface area contributed by atoms with Gasteiger partial charge in [-0.2, -0.15) is 0 Å². The van der Waals surface area contributed by atoms with Crippen molar-refractivity contribution in [3.63, 3.8) is 0 Å². The summed E-state index contributed by atoms with van der Waals surface area (Å²) in [6.45, 7) is 3.59. The molecule has 5 nitrogen and oxygen atoms in total. The standard InChI is InChI=1S/C16H23N3O2.ClH/c1-12-5-7-13(8-6-12)15(17)16(21)18-11-14(20)19-9-3-2-4-10-19;/h5-8,15H,2-4,9-11,17H2,1H3,(H,18,21);1H. The van der Waals surface area contributed by atoms with Gasteiger partial charge in [-0.15, -0.1) is 12.4 Å². The van der Waals surface area contributed by atoms with Gasteiger partial charge in [-0.3, -0.25) is 9.59 Å². The molecule has 1 saturated heterocycles. The third-order valence-electron chi connectivity index (χ3n) is 3.84. The zero-order valence-corrected chi connectivity index (χ0v) is 13.7. The Bertz CT molecular complexity index is 499. The molecule has 1 aromatic carbocycles. The van der Waals surface area contributed by atoms with Crippen molar-refractivity contribution in [2.75, 3.05) is 19.6 Å². The summed E-state index contributed by atoms with van der Waals surface area (Å²) in [6, 6.07) is 6.78. The average molecular weight is 326 g/mol. The fourth-order valence-electron chi connectivity index (χ4n) is 2.45. The van der Waals surface area contributed by atoms with Crippen LogP contribution in [0.15, 0.2) is 24.3 Å². The van der Waals surface area contributed by atoms with Crippen LogP contribution in [0.25, 0.3) is 0 Å². The predicted molar refractivity (Wildman–Crippen MR) is 88.8 cm³/mol. The number of likely N-dealkylation sites (tertiary alicyclic amines) is 1. The third-order valence-corrected chi connectivity index (χ3v) is 3.84. The number of amides is 2. The Morgan fingerprint density at radius 1 is 1.18 bits per heavy atom. The van der Waals surface area contributed by atoms with Crippen LogP contribution in [0.1, 0.15) is 36.4 Å². The summed E-state index contributed by atoms with van der Waals surface area (Å²) in [6.07, 6.45) is 3.26. The molecule has 0 radical (unpaired) electrons. The minimum Gasteiger partial charge on any atom is -0.345 e. The smallest absolute Gasteiger partial charge is 0.241 e. The molecule has 0 saturated carbocycles. The summed E-state index contributed by atoms with van der Waals surface area (Å²) < 4.78 is 0. The van der Waals surface area contributed by atoms with Crippen LogP contribution in [-0.4, -0.2) is 36.3 Å². The molecule has 1 aromatic rings. The predicted octanol–water partition coefficient (Wildman–Crippen LogP) is 1.55. The van der Waals surface area contributed by atoms with E-state index in [-0.39, 0.29) is 30.8 Å². The lowest BCUT2D eigenvalue weighted by Gasteiger charge is -2.27. The van der Waals surface area contributed by atoms with Gasteiger partial charge in [-0.05, 0) is 31.7 Å². The van der Waals surface area contributed by atoms with E-state index in [1.165, 1.54) is 6.42 Å². The van der Waals surface area contributed by atoms with Crippen LogP contribution in [0.4, 0.5) is 0 Å². The molecule has 1 aliphatic heterocycles. The first-order chi connectivity index (χ1) is 10.1. The zero-order valence-electron chi connectivity index (χ0n) is 12.9. The Hall–Kier alpha value is -1.59. The van der Waals surface area contributed by atoms with Crippen molar-refractivity contribution >= 4 is 24.2 Å². The summed E-state index contributed by atoms with van der Waals surface area (Å²) in [7, 11) is 0. The van der Waals surface area contributed by atoms with Gasteiger partial charge in [0, 0.05) is 13.1 Å². The van der Waals surface area contributed by atoms with Crippen LogP contribution in [-0.2, 0) is 9.59 Å². The largest absolute Gasteiger partial charge is 0.345 e. The maximum atomic E-state index is 12.0. The quantitative estimate of drug-likeness (QED) is 0.881. The van der Waals surface area contributed by atoms with Crippen molar-refractivity contribution < 1.29 is 9.59 Å². The van der Waals surface area contributed by atoms with E-state index in [1.54, 1.807) is 4.90 Å². The molecule has 2 amide bonds. The Morgan fingerprint density at radius 3 is 2.36 bits per heavy atom. The maximum absolute atomic E-state index is 12.0. The average Bonchev–Trinajstić information content (AvgIpc) is 2.53. The first-order valence-corrected chi connectivity index (χ1v) is 7.45. The second-order valence-electron chi connectivity index (χ2n) is 5.55. The van der Waals surface area contributed by atoms with Gasteiger partial charge < -0.3 is 16.0 Å². The SMILES string of the molecule is Cc1ccc(C(N)C(=O)NCC(=O)N2CCCCC2)cc1.Cl. The Labute approximate surface area is 137 Å². The molecule has 6 heteroatoms. The topological polar surface area (TPSA) is 75.4 Å². The maximum Gasteiger partial charge on any atom is 0.241 e. The molecular formula is C16H24ClN3O2. The number of carbonyl (C=O) groups is 2. The van der Waals surface area contributed by atoms with E-state index in [4.69, 9.17) is 5.73 Å². The lowest BCUT2D eigenvalue weighted by Crippen LogP contribution is -2.44. The number of piperidine rings is 1. The van der Waals surface area contributed by atoms with Gasteiger partial charge in [0.25, 0.3) is 0 Å². The highest BCUT2D eigenvalue weighted by Crippen LogP contribution is 2.12. The second kappa shape index (κ2) is 8.76. The molecule has 3 N–H and O–H groups in total. The van der Waals surface area contributed by atoms with Gasteiger partial charge in [-0.25, -0.2) is 0 Å². The first kappa shape index (κ1) is 18.5. The highest BCUT2D eigenvalue weighted by molar-refractivity contribution is 5.88. The zero-order chi connectivity index (χ0) is 15.2. The van der Waals surface area contributed by atoms with Crippen molar-refractivity contribution in [2.24, 2.45) is 5.73 Å². The lowest BCUT2D eigenvalue weighted by molar-refractivity contribution is -0.133. The van der Waals surface area contributed by atoms with E-state index in [2.05, 4.69) is 5.32 Å². The molecule has 1 fully saturated rings. The van der Waals surface area contributed by atoms with E-state index in [0.29, 0.717) is 0 Å². The minimum atomic E-state index is -0.736. The number of benzene rings is 1. The fraction of sp³-hybridized carbons (Fsp3) is 0.500. The molecule has 1 aliphatic rings. The fourth-order valence-corrected chi connectivity index (χ4v) is 2.45. The van der Waals surface area contributed by atoms with Crippen molar-refractivity contribution in [3.8, 4) is 0 Å². The van der Waals surface area contributed by atoms with Crippen LogP contribution in [0.5, 0.6) is 0 Å². The molecule has 2 rings (SSSR count). The van der Waals surface area contributed by atoms with Crippen LogP contribution < -0.4 is 11.1 Å². The van der Waals surface area contributed by atoms with Crippen molar-refractivity contribution in [2.45, 2.75) is 32.2 Å². The van der Waals surface area contributed by atoms with Crippen molar-refractivity contribution in [1.82, 2.24) is 10.2 Å². The molecular weight excluding hydrogens is 302 g/mol. The first-order valence-electron chi connectivity index (χ1n) is 7.45. The number of halogens is 1. The number of nitrogens with zero attached hydrogens (tertiary/aromatic N) is 1. The summed E-state index contributed by atoms with van der Waals surface area (Å²) in [5.41, 5.74) is 7.79. The normalized spacial score (nSPS) is 15.6. The number of nitrogens with one attached hydrogen (secondary N) is 1. The summed E-state index contributed by atoms with van der Waals surface area (Å²) in [4.78, 5) is 25.8. The van der Waals surface area contributed by atoms with Gasteiger partial charge in [-0.1, -0.05) is 29.8 Å². The van der Waals surface area contributed by atoms with E-state index in [0.717, 1.165) is 37.1 Å².